The van der Waals surface area contributed by atoms with Crippen LogP contribution in [0, 0.1) is 0 Å². The van der Waals surface area contributed by atoms with Gasteiger partial charge in [-0.1, -0.05) is 6.42 Å². The SMILES string of the molecule is c1cncc(-c2[nH]ncc2CNCC(c2ccco2)N2CCCCC2)c1. The second kappa shape index (κ2) is 8.29. The minimum Gasteiger partial charge on any atom is -0.468 e. The summed E-state index contributed by atoms with van der Waals surface area (Å²) in [5.74, 6) is 1.04. The van der Waals surface area contributed by atoms with E-state index in [0.717, 1.165) is 48.8 Å². The van der Waals surface area contributed by atoms with E-state index in [9.17, 15) is 0 Å². The highest BCUT2D eigenvalue weighted by Crippen LogP contribution is 2.25. The van der Waals surface area contributed by atoms with E-state index in [1.807, 2.05) is 30.6 Å². The summed E-state index contributed by atoms with van der Waals surface area (Å²) in [5.41, 5.74) is 3.23. The number of rotatable bonds is 7. The van der Waals surface area contributed by atoms with Gasteiger partial charge in [-0.05, 0) is 50.2 Å². The van der Waals surface area contributed by atoms with Crippen molar-refractivity contribution in [2.45, 2.75) is 31.8 Å². The van der Waals surface area contributed by atoms with E-state index in [1.54, 1.807) is 12.5 Å². The molecule has 1 saturated heterocycles. The fourth-order valence-corrected chi connectivity index (χ4v) is 3.67. The maximum atomic E-state index is 5.72. The molecule has 0 aromatic carbocycles. The van der Waals surface area contributed by atoms with Gasteiger partial charge in [0.2, 0.25) is 0 Å². The summed E-state index contributed by atoms with van der Waals surface area (Å²) in [6.07, 6.45) is 11.2. The second-order valence-electron chi connectivity index (χ2n) is 6.77. The van der Waals surface area contributed by atoms with Crippen LogP contribution in [0.1, 0.15) is 36.6 Å². The predicted molar refractivity (Wildman–Crippen MR) is 100 cm³/mol. The number of hydrogen-bond donors (Lipinski definition) is 2. The van der Waals surface area contributed by atoms with Crippen LogP contribution >= 0.6 is 0 Å². The summed E-state index contributed by atoms with van der Waals surface area (Å²) in [6, 6.07) is 8.32. The number of pyridine rings is 1. The van der Waals surface area contributed by atoms with Gasteiger partial charge in [-0.2, -0.15) is 5.10 Å². The first kappa shape index (κ1) is 17.0. The first-order valence-electron chi connectivity index (χ1n) is 9.32. The number of hydrogen-bond acceptors (Lipinski definition) is 5. The number of aromatic amines is 1. The molecular formula is C20H25N5O. The van der Waals surface area contributed by atoms with E-state index in [-0.39, 0.29) is 6.04 Å². The molecule has 1 fully saturated rings. The van der Waals surface area contributed by atoms with Crippen LogP contribution in [-0.4, -0.2) is 39.7 Å². The second-order valence-corrected chi connectivity index (χ2v) is 6.77. The first-order valence-corrected chi connectivity index (χ1v) is 9.32. The highest BCUT2D eigenvalue weighted by molar-refractivity contribution is 5.61. The molecule has 0 amide bonds. The Labute approximate surface area is 153 Å². The number of nitrogens with zero attached hydrogens (tertiary/aromatic N) is 3. The monoisotopic (exact) mass is 351 g/mol. The lowest BCUT2D eigenvalue weighted by Gasteiger charge is -2.33. The number of likely N-dealkylation sites (tertiary alicyclic amines) is 1. The van der Waals surface area contributed by atoms with Crippen LogP contribution in [0.25, 0.3) is 11.3 Å². The zero-order chi connectivity index (χ0) is 17.6. The molecule has 1 unspecified atom stereocenters. The molecule has 0 radical (unpaired) electrons. The zero-order valence-electron chi connectivity index (χ0n) is 14.9. The summed E-state index contributed by atoms with van der Waals surface area (Å²) in [5, 5.41) is 10.9. The van der Waals surface area contributed by atoms with Gasteiger partial charge in [-0.3, -0.25) is 15.0 Å². The fraction of sp³-hybridized carbons (Fsp3) is 0.400. The van der Waals surface area contributed by atoms with Gasteiger partial charge < -0.3 is 9.73 Å². The fourth-order valence-electron chi connectivity index (χ4n) is 3.67. The Hall–Kier alpha value is -2.44. The van der Waals surface area contributed by atoms with E-state index in [4.69, 9.17) is 4.42 Å². The highest BCUT2D eigenvalue weighted by atomic mass is 16.3. The number of piperidine rings is 1. The van der Waals surface area contributed by atoms with E-state index in [2.05, 4.69) is 31.5 Å². The van der Waals surface area contributed by atoms with Gasteiger partial charge >= 0.3 is 0 Å². The van der Waals surface area contributed by atoms with Crippen molar-refractivity contribution in [3.8, 4) is 11.3 Å². The van der Waals surface area contributed by atoms with E-state index < -0.39 is 0 Å². The summed E-state index contributed by atoms with van der Waals surface area (Å²) in [4.78, 5) is 6.73. The van der Waals surface area contributed by atoms with Crippen LogP contribution in [-0.2, 0) is 6.54 Å². The zero-order valence-corrected chi connectivity index (χ0v) is 14.9. The van der Waals surface area contributed by atoms with Crippen LogP contribution in [0.2, 0.25) is 0 Å². The number of nitrogens with one attached hydrogen (secondary N) is 2. The van der Waals surface area contributed by atoms with Crippen molar-refractivity contribution >= 4 is 0 Å². The molecule has 136 valence electrons. The molecule has 3 aromatic heterocycles. The maximum Gasteiger partial charge on any atom is 0.122 e. The van der Waals surface area contributed by atoms with Gasteiger partial charge in [0.15, 0.2) is 0 Å². The molecule has 3 aromatic rings. The molecule has 0 saturated carbocycles. The Morgan fingerprint density at radius 2 is 2.08 bits per heavy atom. The highest BCUT2D eigenvalue weighted by Gasteiger charge is 2.24. The van der Waals surface area contributed by atoms with Gasteiger partial charge in [0, 0.05) is 36.6 Å². The Kier molecular flexibility index (Phi) is 5.42. The van der Waals surface area contributed by atoms with Gasteiger partial charge in [0.25, 0.3) is 0 Å². The molecule has 4 rings (SSSR count). The third kappa shape index (κ3) is 3.86. The van der Waals surface area contributed by atoms with Crippen molar-refractivity contribution in [3.63, 3.8) is 0 Å². The summed E-state index contributed by atoms with van der Waals surface area (Å²) in [6.45, 7) is 3.89. The third-order valence-corrected chi connectivity index (χ3v) is 5.02. The molecule has 4 heterocycles. The molecule has 26 heavy (non-hydrogen) atoms. The minimum absolute atomic E-state index is 0.277. The molecule has 1 aliphatic heterocycles. The van der Waals surface area contributed by atoms with Crippen molar-refractivity contribution in [1.82, 2.24) is 25.4 Å². The Bertz CT molecular complexity index is 778. The number of aromatic nitrogens is 3. The Morgan fingerprint density at radius 3 is 2.85 bits per heavy atom. The van der Waals surface area contributed by atoms with Crippen LogP contribution < -0.4 is 5.32 Å². The summed E-state index contributed by atoms with van der Waals surface area (Å²) < 4.78 is 5.72. The smallest absolute Gasteiger partial charge is 0.122 e. The normalized spacial score (nSPS) is 16.6. The van der Waals surface area contributed by atoms with Gasteiger partial charge in [-0.15, -0.1) is 0 Å². The van der Waals surface area contributed by atoms with Crippen molar-refractivity contribution in [3.05, 3.63) is 60.4 Å². The number of H-pyrrole nitrogens is 1. The van der Waals surface area contributed by atoms with Crippen LogP contribution in [0.5, 0.6) is 0 Å². The molecule has 0 aliphatic carbocycles. The quantitative estimate of drug-likeness (QED) is 0.683. The Balaban J connectivity index is 1.42. The van der Waals surface area contributed by atoms with Gasteiger partial charge in [-0.25, -0.2) is 0 Å². The lowest BCUT2D eigenvalue weighted by molar-refractivity contribution is 0.142. The van der Waals surface area contributed by atoms with Crippen molar-refractivity contribution in [2.75, 3.05) is 19.6 Å². The van der Waals surface area contributed by atoms with E-state index in [1.165, 1.54) is 19.3 Å². The summed E-state index contributed by atoms with van der Waals surface area (Å²) >= 11 is 0. The number of furan rings is 1. The molecule has 2 N–H and O–H groups in total. The lowest BCUT2D eigenvalue weighted by atomic mass is 10.1. The minimum atomic E-state index is 0.277. The maximum absolute atomic E-state index is 5.72. The van der Waals surface area contributed by atoms with E-state index in [0.29, 0.717) is 0 Å². The van der Waals surface area contributed by atoms with Gasteiger partial charge in [0.1, 0.15) is 5.76 Å². The molecule has 0 spiro atoms. The Morgan fingerprint density at radius 1 is 1.15 bits per heavy atom. The van der Waals surface area contributed by atoms with Crippen molar-refractivity contribution in [2.24, 2.45) is 0 Å². The average Bonchev–Trinajstić information content (AvgIpc) is 3.39. The summed E-state index contributed by atoms with van der Waals surface area (Å²) in [7, 11) is 0. The molecule has 6 nitrogen and oxygen atoms in total. The molecule has 1 atom stereocenters. The van der Waals surface area contributed by atoms with E-state index >= 15 is 0 Å². The first-order chi connectivity index (χ1) is 12.9. The topological polar surface area (TPSA) is 70.0 Å². The van der Waals surface area contributed by atoms with Crippen LogP contribution in [0.4, 0.5) is 0 Å². The largest absolute Gasteiger partial charge is 0.468 e. The van der Waals surface area contributed by atoms with Gasteiger partial charge in [0.05, 0.1) is 24.2 Å². The third-order valence-electron chi connectivity index (χ3n) is 5.02. The lowest BCUT2D eigenvalue weighted by Crippen LogP contribution is -2.38. The molecule has 0 bridgehead atoms. The van der Waals surface area contributed by atoms with Crippen molar-refractivity contribution < 1.29 is 4.42 Å². The molecule has 6 heteroatoms. The van der Waals surface area contributed by atoms with Crippen LogP contribution in [0.3, 0.4) is 0 Å². The molecular weight excluding hydrogens is 326 g/mol. The molecule has 1 aliphatic rings. The van der Waals surface area contributed by atoms with Crippen LogP contribution in [0.15, 0.2) is 53.5 Å². The predicted octanol–water partition coefficient (Wildman–Crippen LogP) is 3.38. The average molecular weight is 351 g/mol. The van der Waals surface area contributed by atoms with Crippen molar-refractivity contribution in [1.29, 1.82) is 0 Å². The standard InChI is InChI=1S/C20H25N5O/c1-2-9-25(10-3-1)18(19-7-5-11-26-19)15-22-13-17-14-23-24-20(17)16-6-4-8-21-12-16/h4-8,11-12,14,18,22H,1-3,9-10,13,15H2,(H,23,24).